The number of carbonyl (C=O) groups is 4. The number of nitrogens with one attached hydrogen (secondary N) is 1. The fourth-order valence-corrected chi connectivity index (χ4v) is 8.06. The smallest absolute Gasteiger partial charge is 0.302 e. The number of phenols is 1. The number of hydrogen-bond donors (Lipinski definition) is 4. The number of benzene rings is 1. The Labute approximate surface area is 350 Å². The van der Waals surface area contributed by atoms with Crippen LogP contribution in [0.4, 0.5) is 0 Å². The minimum Gasteiger partial charge on any atom is -0.507 e. The van der Waals surface area contributed by atoms with Crippen molar-refractivity contribution in [3.05, 3.63) is 82.4 Å². The molecule has 0 aromatic heterocycles. The number of hydrogen-bond acceptors (Lipinski definition) is 15. The third-order valence-electron chi connectivity index (χ3n) is 11.6. The van der Waals surface area contributed by atoms with E-state index in [0.717, 1.165) is 0 Å². The lowest BCUT2D eigenvalue weighted by molar-refractivity contribution is -0.160. The number of nitrogens with zero attached hydrogens (tertiary/aromatic N) is 2. The fraction of sp³-hybridized carbons (Fsp3) is 0.523. The summed E-state index contributed by atoms with van der Waals surface area (Å²) >= 11 is 0. The second kappa shape index (κ2) is 19.0. The molecule has 1 saturated heterocycles. The van der Waals surface area contributed by atoms with E-state index in [-0.39, 0.29) is 83.6 Å². The first-order chi connectivity index (χ1) is 28.4. The van der Waals surface area contributed by atoms with Gasteiger partial charge in [-0.05, 0) is 19.9 Å². The van der Waals surface area contributed by atoms with E-state index in [1.165, 1.54) is 53.2 Å². The van der Waals surface area contributed by atoms with Crippen LogP contribution in [-0.4, -0.2) is 120 Å². The van der Waals surface area contributed by atoms with Crippen LogP contribution < -0.4 is 10.1 Å². The molecule has 1 aromatic carbocycles. The molecule has 4 N–H and O–H groups in total. The van der Waals surface area contributed by atoms with Gasteiger partial charge in [-0.3, -0.25) is 19.2 Å². The Hall–Kier alpha value is -5.29. The van der Waals surface area contributed by atoms with E-state index in [0.29, 0.717) is 0 Å². The monoisotopic (exact) mass is 835 g/mol. The van der Waals surface area contributed by atoms with Crippen molar-refractivity contribution in [3.8, 4) is 11.5 Å². The molecule has 326 valence electrons. The molecule has 0 radical (unpaired) electrons. The van der Waals surface area contributed by atoms with Crippen LogP contribution in [0.15, 0.2) is 65.3 Å². The zero-order valence-corrected chi connectivity index (χ0v) is 35.6. The molecule has 5 aliphatic rings. The molecule has 1 amide bonds. The van der Waals surface area contributed by atoms with Crippen molar-refractivity contribution in [1.82, 2.24) is 10.2 Å². The number of esters is 1. The van der Waals surface area contributed by atoms with Crippen molar-refractivity contribution >= 4 is 29.2 Å². The van der Waals surface area contributed by atoms with Gasteiger partial charge < -0.3 is 54.1 Å². The number of amides is 1. The molecule has 16 nitrogen and oxygen atoms in total. The fourth-order valence-electron chi connectivity index (χ4n) is 8.06. The van der Waals surface area contributed by atoms with Gasteiger partial charge in [-0.25, -0.2) is 0 Å². The molecule has 4 heterocycles. The molecule has 0 saturated carbocycles. The molecular weight excluding hydrogens is 778 g/mol. The van der Waals surface area contributed by atoms with Crippen LogP contribution in [0.5, 0.6) is 11.5 Å². The van der Waals surface area contributed by atoms with Crippen LogP contribution in [0.3, 0.4) is 0 Å². The first-order valence-corrected chi connectivity index (χ1v) is 20.0. The summed E-state index contributed by atoms with van der Waals surface area (Å²) in [6.07, 6.45) is 5.19. The molecule has 1 aromatic rings. The number of aliphatic hydroxyl groups excluding tert-OH is 2. The number of ether oxygens (including phenoxy) is 5. The number of aliphatic hydroxyl groups is 2. The van der Waals surface area contributed by atoms with Crippen LogP contribution in [0, 0.1) is 30.6 Å². The van der Waals surface area contributed by atoms with Gasteiger partial charge in [-0.1, -0.05) is 63.7 Å². The highest BCUT2D eigenvalue weighted by Crippen LogP contribution is 2.49. The minimum atomic E-state index is -1.83. The van der Waals surface area contributed by atoms with Crippen molar-refractivity contribution in [2.45, 2.75) is 85.6 Å². The predicted octanol–water partition coefficient (Wildman–Crippen LogP) is 4.01. The van der Waals surface area contributed by atoms with Crippen LogP contribution >= 0.6 is 0 Å². The maximum atomic E-state index is 15.0. The molecule has 16 heteroatoms. The van der Waals surface area contributed by atoms with Crippen molar-refractivity contribution in [2.75, 3.05) is 40.0 Å². The first kappa shape index (κ1) is 45.8. The number of morpholine rings is 1. The average molecular weight is 836 g/mol. The Balaban J connectivity index is 1.73. The maximum absolute atomic E-state index is 15.0. The number of ketones is 2. The highest BCUT2D eigenvalue weighted by molar-refractivity contribution is 6.33. The van der Waals surface area contributed by atoms with E-state index < -0.39 is 83.1 Å². The highest BCUT2D eigenvalue weighted by Gasteiger charge is 2.52. The predicted molar refractivity (Wildman–Crippen MR) is 219 cm³/mol. The molecule has 5 bridgehead atoms. The third kappa shape index (κ3) is 8.92. The summed E-state index contributed by atoms with van der Waals surface area (Å²) < 4.78 is 29.9. The van der Waals surface area contributed by atoms with Crippen LogP contribution in [0.1, 0.15) is 80.3 Å². The van der Waals surface area contributed by atoms with Gasteiger partial charge in [0, 0.05) is 68.9 Å². The number of oxime groups is 1. The molecule has 9 atom stereocenters. The van der Waals surface area contributed by atoms with Gasteiger partial charge in [0.1, 0.15) is 35.6 Å². The Morgan fingerprint density at radius 3 is 2.33 bits per heavy atom. The van der Waals surface area contributed by atoms with Gasteiger partial charge in [-0.15, -0.1) is 0 Å². The molecule has 1 aliphatic carbocycles. The van der Waals surface area contributed by atoms with Crippen molar-refractivity contribution in [2.24, 2.45) is 28.8 Å². The SMILES string of the molecule is C=CCON=C1c2c3c(C)c(O)c4c2C(=O)C(N2CCOCC2)=C(NC(=O)C(C)=CC=C[C@H](C)[C@H](O)[C@@H](C)[C@@H](O)[C@@H](C)[C@H](OC(C)=O)[C@H](C)[C@@H](OC)C=CO[C@@]1(C)O3)C4=O. The lowest BCUT2D eigenvalue weighted by atomic mass is 9.78. The topological polar surface area (TPSA) is 212 Å². The van der Waals surface area contributed by atoms with E-state index in [4.69, 9.17) is 28.5 Å². The number of methoxy groups -OCH3 is 1. The van der Waals surface area contributed by atoms with Gasteiger partial charge in [-0.2, -0.15) is 0 Å². The second-order valence-corrected chi connectivity index (χ2v) is 15.8. The van der Waals surface area contributed by atoms with Gasteiger partial charge in [0.25, 0.3) is 11.7 Å². The van der Waals surface area contributed by atoms with Crippen molar-refractivity contribution in [3.63, 3.8) is 0 Å². The summed E-state index contributed by atoms with van der Waals surface area (Å²) in [6, 6.07) is 0. The van der Waals surface area contributed by atoms with Crippen LogP contribution in [-0.2, 0) is 33.4 Å². The molecule has 60 heavy (non-hydrogen) atoms. The zero-order valence-electron chi connectivity index (χ0n) is 35.6. The quantitative estimate of drug-likeness (QED) is 0.138. The number of allylic oxidation sites excluding steroid dienone is 4. The molecular formula is C44H57N3O13. The first-order valence-electron chi connectivity index (χ1n) is 20.0. The number of aromatic hydroxyl groups is 1. The van der Waals surface area contributed by atoms with E-state index >= 15 is 4.79 Å². The molecule has 1 fully saturated rings. The van der Waals surface area contributed by atoms with Gasteiger partial charge >= 0.3 is 5.97 Å². The Kier molecular flexibility index (Phi) is 14.5. The maximum Gasteiger partial charge on any atom is 0.302 e. The van der Waals surface area contributed by atoms with Crippen LogP contribution in [0.2, 0.25) is 0 Å². The summed E-state index contributed by atoms with van der Waals surface area (Å²) in [6.45, 7) is 17.3. The van der Waals surface area contributed by atoms with Crippen molar-refractivity contribution in [1.29, 1.82) is 0 Å². The zero-order chi connectivity index (χ0) is 44.2. The summed E-state index contributed by atoms with van der Waals surface area (Å²) in [5, 5.41) is 41.7. The van der Waals surface area contributed by atoms with E-state index in [9.17, 15) is 29.7 Å². The molecule has 0 unspecified atom stereocenters. The molecule has 6 rings (SSSR count). The minimum absolute atomic E-state index is 0.00841. The molecule has 0 spiro atoms. The normalized spacial score (nSPS) is 31.1. The van der Waals surface area contributed by atoms with E-state index in [1.807, 2.05) is 0 Å². The average Bonchev–Trinajstić information content (AvgIpc) is 3.51. The largest absolute Gasteiger partial charge is 0.507 e. The number of carbonyl (C=O) groups excluding carboxylic acids is 4. The lowest BCUT2D eigenvalue weighted by Crippen LogP contribution is -2.46. The summed E-state index contributed by atoms with van der Waals surface area (Å²) in [4.78, 5) is 63.2. The van der Waals surface area contributed by atoms with Crippen molar-refractivity contribution < 1.29 is 63.0 Å². The standard InChI is InChI=1S/C44H57N3O13/c1-11-18-58-46-42-32-30-31-37(51)27(7)41(32)60-44(42,9)57-19-15-29(55-10)24(4)40(59-28(8)48)26(6)36(50)25(5)35(49)22(2)13-12-14-23(3)43(54)45-33(38(31)52)34(39(30)53)47-16-20-56-21-17-47/h11-15,19,22,24-26,29,35-36,40,49-51H,1,16-18,20-21H2,2-10H3,(H,45,54)/t22-,24+,25+,26+,29-,35-,36+,40+,44-/m0/s1. The highest BCUT2D eigenvalue weighted by atomic mass is 16.7. The Morgan fingerprint density at radius 2 is 1.70 bits per heavy atom. The third-order valence-corrected chi connectivity index (χ3v) is 11.6. The van der Waals surface area contributed by atoms with Gasteiger partial charge in [0.15, 0.2) is 5.71 Å². The summed E-state index contributed by atoms with van der Waals surface area (Å²) in [5.41, 5.74) is -0.760. The Morgan fingerprint density at radius 1 is 1.02 bits per heavy atom. The van der Waals surface area contributed by atoms with Gasteiger partial charge in [0.2, 0.25) is 11.6 Å². The van der Waals surface area contributed by atoms with Crippen LogP contribution in [0.25, 0.3) is 0 Å². The lowest BCUT2D eigenvalue weighted by Gasteiger charge is -2.38. The van der Waals surface area contributed by atoms with E-state index in [1.54, 1.807) is 50.8 Å². The number of Topliss-reactive ketones (excluding diaryl/α,β-unsaturated/α-hetero) is 2. The number of fused-ring (bicyclic) bond motifs is 14. The number of phenolic OH excluding ortho intramolecular Hbond substituents is 1. The second-order valence-electron chi connectivity index (χ2n) is 15.8. The van der Waals surface area contributed by atoms with E-state index in [2.05, 4.69) is 17.1 Å². The number of rotatable bonds is 6. The summed E-state index contributed by atoms with van der Waals surface area (Å²) in [7, 11) is 1.46. The van der Waals surface area contributed by atoms with Gasteiger partial charge in [0.05, 0.1) is 54.5 Å². The summed E-state index contributed by atoms with van der Waals surface area (Å²) in [5.74, 6) is -7.62. The Bertz CT molecular complexity index is 2030. The molecule has 4 aliphatic heterocycles.